The van der Waals surface area contributed by atoms with Crippen molar-refractivity contribution >= 4 is 33.5 Å². The number of ether oxygens (including phenoxy) is 1. The minimum absolute atomic E-state index is 0.0557. The second kappa shape index (κ2) is 6.12. The van der Waals surface area contributed by atoms with Gasteiger partial charge in [-0.25, -0.2) is 0 Å². The lowest BCUT2D eigenvalue weighted by Gasteiger charge is -2.10. The smallest absolute Gasteiger partial charge is 0.123 e. The van der Waals surface area contributed by atoms with E-state index in [1.807, 2.05) is 42.5 Å². The lowest BCUT2D eigenvalue weighted by Crippen LogP contribution is -2.12. The van der Waals surface area contributed by atoms with Gasteiger partial charge in [-0.05, 0) is 36.4 Å². The van der Waals surface area contributed by atoms with E-state index < -0.39 is 0 Å². The Morgan fingerprint density at radius 1 is 1.26 bits per heavy atom. The van der Waals surface area contributed by atoms with Gasteiger partial charge in [-0.15, -0.1) is 0 Å². The first-order valence-electron chi connectivity index (χ1n) is 5.56. The number of methoxy groups -OCH3 is 1. The number of hydrogen-bond acceptors (Lipinski definition) is 3. The highest BCUT2D eigenvalue weighted by molar-refractivity contribution is 9.10. The first-order valence-corrected chi connectivity index (χ1v) is 7.17. The Balaban J connectivity index is 2.39. The first-order chi connectivity index (χ1) is 9.10. The molecule has 0 aliphatic carbocycles. The molecule has 0 fully saturated rings. The molecule has 0 aliphatic rings. The van der Waals surface area contributed by atoms with Crippen LogP contribution < -0.4 is 10.5 Å². The third-order valence-corrected chi connectivity index (χ3v) is 4.04. The van der Waals surface area contributed by atoms with Crippen LogP contribution in [0.5, 0.6) is 5.75 Å². The van der Waals surface area contributed by atoms with Crippen molar-refractivity contribution in [3.63, 3.8) is 0 Å². The SMILES string of the molecule is COc1ccc(C(=N)N)c(Sc2cccc(Br)c2)c1. The highest BCUT2D eigenvalue weighted by atomic mass is 79.9. The quantitative estimate of drug-likeness (QED) is 0.657. The van der Waals surface area contributed by atoms with E-state index in [0.717, 1.165) is 20.0 Å². The van der Waals surface area contributed by atoms with Crippen LogP contribution in [0.2, 0.25) is 0 Å². The van der Waals surface area contributed by atoms with Crippen LogP contribution in [0.15, 0.2) is 56.7 Å². The van der Waals surface area contributed by atoms with Crippen molar-refractivity contribution in [1.82, 2.24) is 0 Å². The minimum atomic E-state index is 0.0557. The van der Waals surface area contributed by atoms with Gasteiger partial charge in [-0.2, -0.15) is 0 Å². The third kappa shape index (κ3) is 3.52. The molecule has 2 aromatic rings. The molecule has 3 nitrogen and oxygen atoms in total. The van der Waals surface area contributed by atoms with Crippen LogP contribution in [0.25, 0.3) is 0 Å². The molecule has 2 aromatic carbocycles. The van der Waals surface area contributed by atoms with E-state index >= 15 is 0 Å². The molecule has 5 heteroatoms. The maximum atomic E-state index is 7.63. The Bertz CT molecular complexity index is 616. The van der Waals surface area contributed by atoms with E-state index in [1.165, 1.54) is 0 Å². The molecule has 0 spiro atoms. The summed E-state index contributed by atoms with van der Waals surface area (Å²) >= 11 is 5.00. The molecule has 0 unspecified atom stereocenters. The van der Waals surface area contributed by atoms with Crippen molar-refractivity contribution < 1.29 is 4.74 Å². The molecular formula is C14H13BrN2OS. The molecule has 19 heavy (non-hydrogen) atoms. The molecule has 0 atom stereocenters. The standard InChI is InChI=1S/C14H13BrN2OS/c1-18-10-5-6-12(14(16)17)13(8-10)19-11-4-2-3-9(15)7-11/h2-8H,1H3,(H3,16,17). The van der Waals surface area contributed by atoms with Crippen LogP contribution in [-0.2, 0) is 0 Å². The molecule has 0 radical (unpaired) electrons. The fourth-order valence-electron chi connectivity index (χ4n) is 1.59. The fourth-order valence-corrected chi connectivity index (χ4v) is 3.19. The number of nitrogens with one attached hydrogen (secondary N) is 1. The van der Waals surface area contributed by atoms with E-state index in [2.05, 4.69) is 15.9 Å². The summed E-state index contributed by atoms with van der Waals surface area (Å²) in [5.74, 6) is 0.808. The summed E-state index contributed by atoms with van der Waals surface area (Å²) in [7, 11) is 1.62. The number of nitrogen functional groups attached to an aromatic ring is 1. The molecule has 3 N–H and O–H groups in total. The fraction of sp³-hybridized carbons (Fsp3) is 0.0714. The van der Waals surface area contributed by atoms with Crippen molar-refractivity contribution in [3.05, 3.63) is 52.5 Å². The molecule has 0 saturated carbocycles. The highest BCUT2D eigenvalue weighted by Gasteiger charge is 2.09. The average molecular weight is 337 g/mol. The Kier molecular flexibility index (Phi) is 4.50. The van der Waals surface area contributed by atoms with Gasteiger partial charge in [0, 0.05) is 19.8 Å². The molecule has 0 amide bonds. The van der Waals surface area contributed by atoms with Gasteiger partial charge in [0.15, 0.2) is 0 Å². The van der Waals surface area contributed by atoms with Crippen LogP contribution in [0.4, 0.5) is 0 Å². The lowest BCUT2D eigenvalue weighted by molar-refractivity contribution is 0.413. The van der Waals surface area contributed by atoms with Crippen LogP contribution in [0.3, 0.4) is 0 Å². The monoisotopic (exact) mass is 336 g/mol. The topological polar surface area (TPSA) is 59.1 Å². The predicted molar refractivity (Wildman–Crippen MR) is 82.3 cm³/mol. The number of benzene rings is 2. The maximum Gasteiger partial charge on any atom is 0.123 e. The predicted octanol–water partition coefficient (Wildman–Crippen LogP) is 3.89. The van der Waals surface area contributed by atoms with E-state index in [1.54, 1.807) is 18.9 Å². The van der Waals surface area contributed by atoms with Crippen molar-refractivity contribution in [1.29, 1.82) is 5.41 Å². The normalized spacial score (nSPS) is 10.2. The Hall–Kier alpha value is -1.46. The van der Waals surface area contributed by atoms with Gasteiger partial charge < -0.3 is 10.5 Å². The molecular weight excluding hydrogens is 324 g/mol. The van der Waals surface area contributed by atoms with Crippen LogP contribution in [-0.4, -0.2) is 12.9 Å². The van der Waals surface area contributed by atoms with Crippen molar-refractivity contribution in [3.8, 4) is 5.75 Å². The summed E-state index contributed by atoms with van der Waals surface area (Å²) in [5, 5.41) is 7.63. The average Bonchev–Trinajstić information content (AvgIpc) is 2.38. The number of halogens is 1. The van der Waals surface area contributed by atoms with Gasteiger partial charge in [0.05, 0.1) is 7.11 Å². The lowest BCUT2D eigenvalue weighted by atomic mass is 10.2. The van der Waals surface area contributed by atoms with E-state index in [9.17, 15) is 0 Å². The van der Waals surface area contributed by atoms with Crippen molar-refractivity contribution in [2.45, 2.75) is 9.79 Å². The zero-order valence-corrected chi connectivity index (χ0v) is 12.7. The molecule has 0 aromatic heterocycles. The second-order valence-corrected chi connectivity index (χ2v) is 5.87. The second-order valence-electron chi connectivity index (χ2n) is 3.84. The number of amidine groups is 1. The zero-order chi connectivity index (χ0) is 13.8. The molecule has 0 bridgehead atoms. The highest BCUT2D eigenvalue weighted by Crippen LogP contribution is 2.34. The summed E-state index contributed by atoms with van der Waals surface area (Å²) in [6.07, 6.45) is 0. The van der Waals surface area contributed by atoms with Gasteiger partial charge in [-0.3, -0.25) is 5.41 Å². The first kappa shape index (κ1) is 14.0. The van der Waals surface area contributed by atoms with Gasteiger partial charge in [0.2, 0.25) is 0 Å². The molecule has 2 rings (SSSR count). The van der Waals surface area contributed by atoms with Crippen LogP contribution in [0, 0.1) is 5.41 Å². The number of rotatable bonds is 4. The number of hydrogen-bond donors (Lipinski definition) is 2. The van der Waals surface area contributed by atoms with Gasteiger partial charge in [0.25, 0.3) is 0 Å². The minimum Gasteiger partial charge on any atom is -0.497 e. The summed E-state index contributed by atoms with van der Waals surface area (Å²) in [5.41, 5.74) is 6.32. The summed E-state index contributed by atoms with van der Waals surface area (Å²) in [4.78, 5) is 1.98. The largest absolute Gasteiger partial charge is 0.497 e. The Morgan fingerprint density at radius 3 is 2.68 bits per heavy atom. The Labute approximate surface area is 124 Å². The van der Waals surface area contributed by atoms with Gasteiger partial charge in [-0.1, -0.05) is 33.8 Å². The van der Waals surface area contributed by atoms with E-state index in [4.69, 9.17) is 15.9 Å². The molecule has 98 valence electrons. The van der Waals surface area contributed by atoms with E-state index in [-0.39, 0.29) is 5.84 Å². The van der Waals surface area contributed by atoms with Gasteiger partial charge in [0.1, 0.15) is 11.6 Å². The summed E-state index contributed by atoms with van der Waals surface area (Å²) in [6, 6.07) is 13.5. The number of nitrogens with two attached hydrogens (primary N) is 1. The summed E-state index contributed by atoms with van der Waals surface area (Å²) < 4.78 is 6.24. The maximum absolute atomic E-state index is 7.63. The molecule has 0 heterocycles. The van der Waals surface area contributed by atoms with Crippen molar-refractivity contribution in [2.75, 3.05) is 7.11 Å². The van der Waals surface area contributed by atoms with Crippen molar-refractivity contribution in [2.24, 2.45) is 5.73 Å². The summed E-state index contributed by atoms with van der Waals surface area (Å²) in [6.45, 7) is 0. The van der Waals surface area contributed by atoms with Crippen LogP contribution >= 0.6 is 27.7 Å². The van der Waals surface area contributed by atoms with E-state index in [0.29, 0.717) is 5.56 Å². The molecule has 0 aliphatic heterocycles. The third-order valence-electron chi connectivity index (χ3n) is 2.50. The molecule has 0 saturated heterocycles. The van der Waals surface area contributed by atoms with Crippen LogP contribution in [0.1, 0.15) is 5.56 Å². The van der Waals surface area contributed by atoms with Gasteiger partial charge >= 0.3 is 0 Å². The zero-order valence-electron chi connectivity index (χ0n) is 10.3. The Morgan fingerprint density at radius 2 is 2.05 bits per heavy atom.